The summed E-state index contributed by atoms with van der Waals surface area (Å²) in [5.74, 6) is -0.689. The van der Waals surface area contributed by atoms with Crippen LogP contribution in [0.15, 0.2) is 18.2 Å². The molecular formula is C16H21F2NO. The zero-order chi connectivity index (χ0) is 14.1. The Morgan fingerprint density at radius 2 is 2.20 bits per heavy atom. The molecule has 0 radical (unpaired) electrons. The third-order valence-corrected chi connectivity index (χ3v) is 4.49. The lowest BCUT2D eigenvalue weighted by atomic mass is 9.81. The number of fused-ring (bicyclic) bond motifs is 2. The summed E-state index contributed by atoms with van der Waals surface area (Å²) in [5, 5.41) is 3.43. The van der Waals surface area contributed by atoms with Gasteiger partial charge in [0, 0.05) is 23.6 Å². The lowest BCUT2D eigenvalue weighted by molar-refractivity contribution is 0.0854. The van der Waals surface area contributed by atoms with Crippen LogP contribution < -0.4 is 5.32 Å². The second kappa shape index (κ2) is 5.78. The van der Waals surface area contributed by atoms with E-state index in [1.807, 2.05) is 0 Å². The fourth-order valence-electron chi connectivity index (χ4n) is 3.57. The summed E-state index contributed by atoms with van der Waals surface area (Å²) in [6.45, 7) is 2.91. The van der Waals surface area contributed by atoms with E-state index in [0.717, 1.165) is 38.3 Å². The lowest BCUT2D eigenvalue weighted by Crippen LogP contribution is -2.34. The first-order valence-corrected chi connectivity index (χ1v) is 7.53. The van der Waals surface area contributed by atoms with Crippen molar-refractivity contribution in [1.29, 1.82) is 0 Å². The molecule has 4 heteroatoms. The molecular weight excluding hydrogens is 260 g/mol. The third kappa shape index (κ3) is 2.59. The van der Waals surface area contributed by atoms with Crippen molar-refractivity contribution in [1.82, 2.24) is 5.32 Å². The van der Waals surface area contributed by atoms with Gasteiger partial charge in [-0.15, -0.1) is 0 Å². The van der Waals surface area contributed by atoms with Gasteiger partial charge in [0.05, 0.1) is 12.2 Å². The summed E-state index contributed by atoms with van der Waals surface area (Å²) >= 11 is 0. The standard InChI is InChI=1S/C16H21F2NO/c1-2-7-19-16(12-5-3-10(17)8-14(12)18)13-9-11-4-6-15(13)20-11/h3,5,8,11,13,15-16,19H,2,4,6-7,9H2,1H3. The van der Waals surface area contributed by atoms with E-state index in [9.17, 15) is 8.78 Å². The SMILES string of the molecule is CCCNC(c1ccc(F)cc1F)C1CC2CCC1O2. The van der Waals surface area contributed by atoms with Gasteiger partial charge in [-0.3, -0.25) is 0 Å². The highest BCUT2D eigenvalue weighted by Crippen LogP contribution is 2.45. The number of nitrogens with one attached hydrogen (secondary N) is 1. The Kier molecular flexibility index (Phi) is 4.03. The Hall–Kier alpha value is -1.00. The molecule has 2 heterocycles. The van der Waals surface area contributed by atoms with Crippen molar-refractivity contribution >= 4 is 0 Å². The van der Waals surface area contributed by atoms with Crippen molar-refractivity contribution in [2.75, 3.05) is 6.54 Å². The third-order valence-electron chi connectivity index (χ3n) is 4.49. The van der Waals surface area contributed by atoms with Crippen molar-refractivity contribution in [3.63, 3.8) is 0 Å². The molecule has 4 unspecified atom stereocenters. The van der Waals surface area contributed by atoms with Crippen molar-refractivity contribution in [2.45, 2.75) is 50.9 Å². The molecule has 20 heavy (non-hydrogen) atoms. The van der Waals surface area contributed by atoms with E-state index in [-0.39, 0.29) is 12.1 Å². The Bertz CT molecular complexity index is 480. The number of hydrogen-bond donors (Lipinski definition) is 1. The number of halogens is 2. The van der Waals surface area contributed by atoms with E-state index < -0.39 is 11.6 Å². The summed E-state index contributed by atoms with van der Waals surface area (Å²) in [5.41, 5.74) is 0.570. The summed E-state index contributed by atoms with van der Waals surface area (Å²) in [6.07, 6.45) is 4.69. The van der Waals surface area contributed by atoms with Crippen LogP contribution in [0.2, 0.25) is 0 Å². The van der Waals surface area contributed by atoms with Crippen LogP contribution in [-0.4, -0.2) is 18.8 Å². The number of hydrogen-bond acceptors (Lipinski definition) is 2. The summed E-state index contributed by atoms with van der Waals surface area (Å²) in [7, 11) is 0. The average Bonchev–Trinajstić information content (AvgIpc) is 3.03. The van der Waals surface area contributed by atoms with E-state index >= 15 is 0 Å². The van der Waals surface area contributed by atoms with Crippen LogP contribution in [0.5, 0.6) is 0 Å². The molecule has 0 saturated carbocycles. The molecule has 2 nitrogen and oxygen atoms in total. The molecule has 2 bridgehead atoms. The maximum absolute atomic E-state index is 14.1. The van der Waals surface area contributed by atoms with Gasteiger partial charge in [0.1, 0.15) is 11.6 Å². The maximum Gasteiger partial charge on any atom is 0.130 e. The van der Waals surface area contributed by atoms with Crippen molar-refractivity contribution in [2.24, 2.45) is 5.92 Å². The summed E-state index contributed by atoms with van der Waals surface area (Å²) in [4.78, 5) is 0. The summed E-state index contributed by atoms with van der Waals surface area (Å²) in [6, 6.07) is 3.81. The average molecular weight is 281 g/mol. The largest absolute Gasteiger partial charge is 0.375 e. The van der Waals surface area contributed by atoms with Crippen molar-refractivity contribution in [3.8, 4) is 0 Å². The molecule has 1 aromatic carbocycles. The van der Waals surface area contributed by atoms with Gasteiger partial charge in [-0.1, -0.05) is 13.0 Å². The van der Waals surface area contributed by atoms with Crippen molar-refractivity contribution < 1.29 is 13.5 Å². The minimum absolute atomic E-state index is 0.0779. The van der Waals surface area contributed by atoms with Gasteiger partial charge in [-0.2, -0.15) is 0 Å². The number of benzene rings is 1. The van der Waals surface area contributed by atoms with Crippen LogP contribution in [0.1, 0.15) is 44.2 Å². The Labute approximate surface area is 118 Å². The molecule has 0 spiro atoms. The first-order chi connectivity index (χ1) is 9.69. The molecule has 3 rings (SSSR count). The number of ether oxygens (including phenoxy) is 1. The monoisotopic (exact) mass is 281 g/mol. The summed E-state index contributed by atoms with van der Waals surface area (Å²) < 4.78 is 33.1. The second-order valence-corrected chi connectivity index (χ2v) is 5.87. The van der Waals surface area contributed by atoms with Crippen LogP contribution in [0.25, 0.3) is 0 Å². The van der Waals surface area contributed by atoms with Gasteiger partial charge in [0.25, 0.3) is 0 Å². The Morgan fingerprint density at radius 3 is 2.80 bits per heavy atom. The topological polar surface area (TPSA) is 21.3 Å². The molecule has 2 saturated heterocycles. The molecule has 110 valence electrons. The minimum atomic E-state index is -0.523. The molecule has 2 aliphatic heterocycles. The zero-order valence-corrected chi connectivity index (χ0v) is 11.7. The van der Waals surface area contributed by atoms with Gasteiger partial charge in [0.2, 0.25) is 0 Å². The van der Waals surface area contributed by atoms with E-state index in [2.05, 4.69) is 12.2 Å². The van der Waals surface area contributed by atoms with E-state index in [4.69, 9.17) is 4.74 Å². The first kappa shape index (κ1) is 14.0. The molecule has 0 aliphatic carbocycles. The van der Waals surface area contributed by atoms with E-state index in [1.54, 1.807) is 6.07 Å². The fourth-order valence-corrected chi connectivity index (χ4v) is 3.57. The predicted molar refractivity (Wildman–Crippen MR) is 73.4 cm³/mol. The maximum atomic E-state index is 14.1. The predicted octanol–water partition coefficient (Wildman–Crippen LogP) is 3.57. The highest BCUT2D eigenvalue weighted by molar-refractivity contribution is 5.24. The van der Waals surface area contributed by atoms with Crippen molar-refractivity contribution in [3.05, 3.63) is 35.4 Å². The highest BCUT2D eigenvalue weighted by atomic mass is 19.1. The lowest BCUT2D eigenvalue weighted by Gasteiger charge is -2.30. The smallest absolute Gasteiger partial charge is 0.130 e. The minimum Gasteiger partial charge on any atom is -0.375 e. The van der Waals surface area contributed by atoms with Crippen LogP contribution in [0, 0.1) is 17.6 Å². The Balaban J connectivity index is 1.85. The quantitative estimate of drug-likeness (QED) is 0.891. The molecule has 0 aromatic heterocycles. The second-order valence-electron chi connectivity index (χ2n) is 5.87. The Morgan fingerprint density at radius 1 is 1.35 bits per heavy atom. The van der Waals surface area contributed by atoms with E-state index in [1.165, 1.54) is 6.07 Å². The van der Waals surface area contributed by atoms with Gasteiger partial charge < -0.3 is 10.1 Å². The van der Waals surface area contributed by atoms with Gasteiger partial charge in [-0.05, 0) is 38.3 Å². The molecule has 2 aliphatic rings. The zero-order valence-electron chi connectivity index (χ0n) is 11.7. The van der Waals surface area contributed by atoms with Crippen LogP contribution >= 0.6 is 0 Å². The van der Waals surface area contributed by atoms with Gasteiger partial charge >= 0.3 is 0 Å². The van der Waals surface area contributed by atoms with Crippen LogP contribution in [-0.2, 0) is 4.74 Å². The first-order valence-electron chi connectivity index (χ1n) is 7.53. The van der Waals surface area contributed by atoms with Crippen LogP contribution in [0.4, 0.5) is 8.78 Å². The fraction of sp³-hybridized carbons (Fsp3) is 0.625. The molecule has 0 amide bonds. The van der Waals surface area contributed by atoms with E-state index in [0.29, 0.717) is 17.6 Å². The van der Waals surface area contributed by atoms with Gasteiger partial charge in [-0.25, -0.2) is 8.78 Å². The molecule has 1 aromatic rings. The molecule has 2 fully saturated rings. The van der Waals surface area contributed by atoms with Crippen LogP contribution in [0.3, 0.4) is 0 Å². The molecule has 1 N–H and O–H groups in total. The number of rotatable bonds is 5. The highest BCUT2D eigenvalue weighted by Gasteiger charge is 2.45. The molecule has 4 atom stereocenters. The van der Waals surface area contributed by atoms with Gasteiger partial charge in [0.15, 0.2) is 0 Å². The normalized spacial score (nSPS) is 29.9.